The van der Waals surface area contributed by atoms with E-state index in [1.54, 1.807) is 12.3 Å². The molecule has 5 heteroatoms. The number of hydrogen-bond donors (Lipinski definition) is 1. The van der Waals surface area contributed by atoms with E-state index in [0.717, 1.165) is 24.3 Å². The number of pyridine rings is 1. The summed E-state index contributed by atoms with van der Waals surface area (Å²) in [5.41, 5.74) is 3.33. The van der Waals surface area contributed by atoms with Crippen LogP contribution in [0.3, 0.4) is 0 Å². The van der Waals surface area contributed by atoms with Crippen LogP contribution in [0.2, 0.25) is 10.2 Å². The van der Waals surface area contributed by atoms with Gasteiger partial charge >= 0.3 is 0 Å². The molecule has 1 N–H and O–H groups in total. The minimum atomic E-state index is 0.386. The highest BCUT2D eigenvalue weighted by Gasteiger charge is 2.23. The second kappa shape index (κ2) is 5.51. The maximum Gasteiger partial charge on any atom is 0.130 e. The van der Waals surface area contributed by atoms with Crippen LogP contribution in [0.25, 0.3) is 0 Å². The van der Waals surface area contributed by atoms with Crippen LogP contribution in [0.1, 0.15) is 12.5 Å². The number of rotatable bonds is 2. The van der Waals surface area contributed by atoms with Crippen LogP contribution in [-0.2, 0) is 6.54 Å². The Bertz CT molecular complexity index is 630. The Morgan fingerprint density at radius 2 is 2.15 bits per heavy atom. The van der Waals surface area contributed by atoms with Gasteiger partial charge in [0.2, 0.25) is 0 Å². The van der Waals surface area contributed by atoms with Gasteiger partial charge in [0, 0.05) is 30.9 Å². The molecule has 1 aliphatic heterocycles. The highest BCUT2D eigenvalue weighted by molar-refractivity contribution is 6.34. The van der Waals surface area contributed by atoms with E-state index in [1.165, 1.54) is 5.69 Å². The number of nitrogens with zero attached hydrogens (tertiary/aromatic N) is 2. The third-order valence-corrected chi connectivity index (χ3v) is 4.13. The molecule has 1 aromatic carbocycles. The number of nitrogens with one attached hydrogen (secondary N) is 1. The van der Waals surface area contributed by atoms with Crippen LogP contribution in [0.15, 0.2) is 36.5 Å². The fourth-order valence-electron chi connectivity index (χ4n) is 2.46. The van der Waals surface area contributed by atoms with Crippen LogP contribution in [0.4, 0.5) is 11.4 Å². The maximum absolute atomic E-state index is 6.26. The van der Waals surface area contributed by atoms with Gasteiger partial charge < -0.3 is 10.2 Å². The van der Waals surface area contributed by atoms with Crippen molar-refractivity contribution in [1.82, 2.24) is 4.98 Å². The predicted molar refractivity (Wildman–Crippen MR) is 84.8 cm³/mol. The summed E-state index contributed by atoms with van der Waals surface area (Å²) in [5, 5.41) is 4.52. The summed E-state index contributed by atoms with van der Waals surface area (Å²) in [6, 6.07) is 10.4. The Morgan fingerprint density at radius 3 is 2.95 bits per heavy atom. The zero-order valence-electron chi connectivity index (χ0n) is 11.1. The first kappa shape index (κ1) is 13.5. The van der Waals surface area contributed by atoms with E-state index >= 15 is 0 Å². The molecule has 3 rings (SSSR count). The van der Waals surface area contributed by atoms with Crippen LogP contribution in [0.5, 0.6) is 0 Å². The van der Waals surface area contributed by atoms with Gasteiger partial charge in [-0.15, -0.1) is 0 Å². The van der Waals surface area contributed by atoms with E-state index in [2.05, 4.69) is 34.3 Å². The van der Waals surface area contributed by atoms with Crippen molar-refractivity contribution in [3.8, 4) is 0 Å². The number of hydrogen-bond acceptors (Lipinski definition) is 3. The third-order valence-electron chi connectivity index (χ3n) is 3.57. The summed E-state index contributed by atoms with van der Waals surface area (Å²) >= 11 is 12.1. The second-order valence-electron chi connectivity index (χ2n) is 4.97. The zero-order valence-corrected chi connectivity index (χ0v) is 12.6. The first-order valence-electron chi connectivity index (χ1n) is 6.54. The first-order chi connectivity index (χ1) is 9.65. The lowest BCUT2D eigenvalue weighted by Crippen LogP contribution is -2.41. The molecule has 2 aromatic rings. The molecule has 0 amide bonds. The standard InChI is InChI=1S/C15H15Cl2N3/c1-10-7-18-13-4-2-3-5-14(13)20(10)9-11-8-19-15(17)6-12(11)16/h2-6,8,10,18H,7,9H2,1H3. The van der Waals surface area contributed by atoms with Crippen molar-refractivity contribution < 1.29 is 0 Å². The highest BCUT2D eigenvalue weighted by Crippen LogP contribution is 2.33. The van der Waals surface area contributed by atoms with Gasteiger partial charge in [-0.3, -0.25) is 0 Å². The van der Waals surface area contributed by atoms with Gasteiger partial charge in [0.25, 0.3) is 0 Å². The SMILES string of the molecule is CC1CNc2ccccc2N1Cc1cnc(Cl)cc1Cl. The average Bonchev–Trinajstić information content (AvgIpc) is 2.44. The van der Waals surface area contributed by atoms with Crippen molar-refractivity contribution in [2.24, 2.45) is 0 Å². The molecule has 1 aromatic heterocycles. The van der Waals surface area contributed by atoms with E-state index in [1.807, 2.05) is 12.1 Å². The molecule has 2 heterocycles. The van der Waals surface area contributed by atoms with Gasteiger partial charge in [0.05, 0.1) is 16.4 Å². The molecule has 1 unspecified atom stereocenters. The molecular weight excluding hydrogens is 293 g/mol. The summed E-state index contributed by atoms with van der Waals surface area (Å²) in [6.07, 6.45) is 1.75. The summed E-state index contributed by atoms with van der Waals surface area (Å²) in [6.45, 7) is 3.83. The molecule has 104 valence electrons. The lowest BCUT2D eigenvalue weighted by molar-refractivity contribution is 0.640. The van der Waals surface area contributed by atoms with Crippen molar-refractivity contribution in [3.63, 3.8) is 0 Å². The van der Waals surface area contributed by atoms with Gasteiger partial charge in [-0.25, -0.2) is 4.98 Å². The molecule has 0 saturated heterocycles. The van der Waals surface area contributed by atoms with E-state index in [9.17, 15) is 0 Å². The Balaban J connectivity index is 1.93. The van der Waals surface area contributed by atoms with Crippen LogP contribution in [0, 0.1) is 0 Å². The van der Waals surface area contributed by atoms with Crippen molar-refractivity contribution >= 4 is 34.6 Å². The fourth-order valence-corrected chi connectivity index (χ4v) is 2.88. The molecular formula is C15H15Cl2N3. The average molecular weight is 308 g/mol. The largest absolute Gasteiger partial charge is 0.381 e. The van der Waals surface area contributed by atoms with E-state index < -0.39 is 0 Å². The number of fused-ring (bicyclic) bond motifs is 1. The Kier molecular flexibility index (Phi) is 3.72. The predicted octanol–water partition coefficient (Wildman–Crippen LogP) is 4.21. The molecule has 0 bridgehead atoms. The molecule has 0 radical (unpaired) electrons. The van der Waals surface area contributed by atoms with Gasteiger partial charge in [0.1, 0.15) is 5.15 Å². The number of halogens is 2. The van der Waals surface area contributed by atoms with Gasteiger partial charge in [-0.2, -0.15) is 0 Å². The summed E-state index contributed by atoms with van der Waals surface area (Å²) in [5.74, 6) is 0. The van der Waals surface area contributed by atoms with E-state index in [-0.39, 0.29) is 0 Å². The van der Waals surface area contributed by atoms with Crippen LogP contribution >= 0.6 is 23.2 Å². The molecule has 0 aliphatic carbocycles. The second-order valence-corrected chi connectivity index (χ2v) is 5.77. The quantitative estimate of drug-likeness (QED) is 0.842. The Labute approximate surface area is 128 Å². The van der Waals surface area contributed by atoms with Crippen molar-refractivity contribution in [2.75, 3.05) is 16.8 Å². The third kappa shape index (κ3) is 2.56. The van der Waals surface area contributed by atoms with Crippen molar-refractivity contribution in [2.45, 2.75) is 19.5 Å². The summed E-state index contributed by atoms with van der Waals surface area (Å²) in [7, 11) is 0. The van der Waals surface area contributed by atoms with E-state index in [4.69, 9.17) is 23.2 Å². The number of anilines is 2. The van der Waals surface area contributed by atoms with Crippen LogP contribution < -0.4 is 10.2 Å². The van der Waals surface area contributed by atoms with Crippen molar-refractivity contribution in [1.29, 1.82) is 0 Å². The topological polar surface area (TPSA) is 28.2 Å². The first-order valence-corrected chi connectivity index (χ1v) is 7.30. The van der Waals surface area contributed by atoms with Gasteiger partial charge in [-0.1, -0.05) is 35.3 Å². The monoisotopic (exact) mass is 307 g/mol. The Morgan fingerprint density at radius 1 is 1.35 bits per heavy atom. The molecule has 3 nitrogen and oxygen atoms in total. The highest BCUT2D eigenvalue weighted by atomic mass is 35.5. The normalized spacial score (nSPS) is 17.6. The van der Waals surface area contributed by atoms with Crippen molar-refractivity contribution in [3.05, 3.63) is 52.3 Å². The minimum Gasteiger partial charge on any atom is -0.381 e. The van der Waals surface area contributed by atoms with Crippen LogP contribution in [-0.4, -0.2) is 17.6 Å². The van der Waals surface area contributed by atoms with E-state index in [0.29, 0.717) is 16.2 Å². The lowest BCUT2D eigenvalue weighted by atomic mass is 10.1. The molecule has 0 fully saturated rings. The summed E-state index contributed by atoms with van der Waals surface area (Å²) in [4.78, 5) is 6.46. The molecule has 0 saturated carbocycles. The fraction of sp³-hybridized carbons (Fsp3) is 0.267. The summed E-state index contributed by atoms with van der Waals surface area (Å²) < 4.78 is 0. The van der Waals surface area contributed by atoms with Gasteiger partial charge in [-0.05, 0) is 25.1 Å². The number of aromatic nitrogens is 1. The molecule has 0 spiro atoms. The van der Waals surface area contributed by atoms with Gasteiger partial charge in [0.15, 0.2) is 0 Å². The lowest BCUT2D eigenvalue weighted by Gasteiger charge is -2.37. The Hall–Kier alpha value is -1.45. The molecule has 1 aliphatic rings. The minimum absolute atomic E-state index is 0.386. The molecule has 1 atom stereocenters. The number of para-hydroxylation sites is 2. The molecule has 20 heavy (non-hydrogen) atoms. The zero-order chi connectivity index (χ0) is 14.1. The maximum atomic E-state index is 6.26. The smallest absolute Gasteiger partial charge is 0.130 e. The number of benzene rings is 1.